The zero-order chi connectivity index (χ0) is 21.0. The number of hydrogen-bond donors (Lipinski definition) is 2. The topological polar surface area (TPSA) is 110 Å². The summed E-state index contributed by atoms with van der Waals surface area (Å²) in [6.45, 7) is 1.68. The minimum atomic E-state index is -1.54. The van der Waals surface area contributed by atoms with Gasteiger partial charge in [0.25, 0.3) is 11.6 Å². The summed E-state index contributed by atoms with van der Waals surface area (Å²) in [6.07, 6.45) is 0.156. The van der Waals surface area contributed by atoms with Crippen LogP contribution in [0.25, 0.3) is 10.8 Å². The van der Waals surface area contributed by atoms with Gasteiger partial charge < -0.3 is 10.4 Å². The molecule has 0 saturated heterocycles. The number of carboxylic acids is 1. The summed E-state index contributed by atoms with van der Waals surface area (Å²) in [5.41, 5.74) is -0.639. The minimum absolute atomic E-state index is 0.00728. The van der Waals surface area contributed by atoms with E-state index in [1.54, 1.807) is 19.1 Å². The number of non-ortho nitro benzene ring substituents is 1. The monoisotopic (exact) mass is 392 g/mol. The van der Waals surface area contributed by atoms with Crippen LogP contribution in [0.15, 0.2) is 66.7 Å². The molecule has 1 amide bonds. The first-order valence-corrected chi connectivity index (χ1v) is 9.13. The second-order valence-corrected chi connectivity index (χ2v) is 6.82. The van der Waals surface area contributed by atoms with Crippen LogP contribution >= 0.6 is 0 Å². The van der Waals surface area contributed by atoms with Crippen molar-refractivity contribution >= 4 is 28.3 Å². The van der Waals surface area contributed by atoms with Crippen LogP contribution in [0.1, 0.15) is 29.3 Å². The molecule has 0 bridgehead atoms. The van der Waals surface area contributed by atoms with E-state index in [2.05, 4.69) is 5.32 Å². The molecule has 3 aromatic rings. The lowest BCUT2D eigenvalue weighted by atomic mass is 9.87. The third-order valence-electron chi connectivity index (χ3n) is 5.05. The summed E-state index contributed by atoms with van der Waals surface area (Å²) in [5.74, 6) is -1.64. The number of amides is 1. The Hall–Kier alpha value is -3.74. The van der Waals surface area contributed by atoms with Crippen molar-refractivity contribution in [3.63, 3.8) is 0 Å². The highest BCUT2D eigenvalue weighted by molar-refractivity contribution is 6.08. The molecule has 3 rings (SSSR count). The summed E-state index contributed by atoms with van der Waals surface area (Å²) in [4.78, 5) is 35.5. The van der Waals surface area contributed by atoms with E-state index < -0.39 is 22.3 Å². The number of benzene rings is 3. The summed E-state index contributed by atoms with van der Waals surface area (Å²) in [6, 6.07) is 18.3. The van der Waals surface area contributed by atoms with Crippen LogP contribution in [0.3, 0.4) is 0 Å². The maximum atomic E-state index is 13.0. The predicted molar refractivity (Wildman–Crippen MR) is 109 cm³/mol. The molecule has 0 fully saturated rings. The molecule has 1 atom stereocenters. The fourth-order valence-corrected chi connectivity index (χ4v) is 3.33. The maximum Gasteiger partial charge on any atom is 0.329 e. The first-order valence-electron chi connectivity index (χ1n) is 9.13. The van der Waals surface area contributed by atoms with Crippen LogP contribution in [0.5, 0.6) is 0 Å². The molecule has 0 aromatic heterocycles. The van der Waals surface area contributed by atoms with Crippen LogP contribution in [-0.2, 0) is 11.2 Å². The van der Waals surface area contributed by atoms with Crippen molar-refractivity contribution in [3.8, 4) is 0 Å². The standard InChI is InChI=1S/C22H20N2O5/c1-2-22(21(26)27,14-15-10-12-17(13-11-15)24(28)29)23-20(25)19-9-5-7-16-6-3-4-8-18(16)19/h3-13H,2,14H2,1H3,(H,23,25)(H,26,27). The van der Waals surface area contributed by atoms with Crippen LogP contribution in [0, 0.1) is 10.1 Å². The van der Waals surface area contributed by atoms with Gasteiger partial charge in [-0.3, -0.25) is 14.9 Å². The van der Waals surface area contributed by atoms with E-state index in [4.69, 9.17) is 0 Å². The number of carbonyl (C=O) groups is 2. The Morgan fingerprint density at radius 3 is 2.31 bits per heavy atom. The average molecular weight is 392 g/mol. The van der Waals surface area contributed by atoms with Gasteiger partial charge in [-0.2, -0.15) is 0 Å². The molecule has 7 nitrogen and oxygen atoms in total. The number of aliphatic carboxylic acids is 1. The number of carbonyl (C=O) groups excluding carboxylic acids is 1. The third kappa shape index (κ3) is 4.08. The molecule has 29 heavy (non-hydrogen) atoms. The lowest BCUT2D eigenvalue weighted by molar-refractivity contribution is -0.384. The Labute approximate surface area is 167 Å². The van der Waals surface area contributed by atoms with Gasteiger partial charge in [-0.05, 0) is 28.8 Å². The summed E-state index contributed by atoms with van der Waals surface area (Å²) < 4.78 is 0. The number of nitrogens with one attached hydrogen (secondary N) is 1. The Morgan fingerprint density at radius 1 is 1.03 bits per heavy atom. The fourth-order valence-electron chi connectivity index (χ4n) is 3.33. The molecule has 2 N–H and O–H groups in total. The predicted octanol–water partition coefficient (Wildman–Crippen LogP) is 3.95. The molecule has 0 aliphatic rings. The van der Waals surface area contributed by atoms with Crippen molar-refractivity contribution in [2.24, 2.45) is 0 Å². The number of nitro groups is 1. The number of fused-ring (bicyclic) bond motifs is 1. The lowest BCUT2D eigenvalue weighted by Gasteiger charge is -2.30. The molecule has 1 unspecified atom stereocenters. The SMILES string of the molecule is CCC(Cc1ccc([N+](=O)[O-])cc1)(NC(=O)c1cccc2ccccc12)C(=O)O. The number of nitrogens with zero attached hydrogens (tertiary/aromatic N) is 1. The van der Waals surface area contributed by atoms with Gasteiger partial charge >= 0.3 is 5.97 Å². The Kier molecular flexibility index (Phi) is 5.59. The highest BCUT2D eigenvalue weighted by Crippen LogP contribution is 2.23. The van der Waals surface area contributed by atoms with Gasteiger partial charge in [-0.25, -0.2) is 4.79 Å². The highest BCUT2D eigenvalue weighted by Gasteiger charge is 2.39. The van der Waals surface area contributed by atoms with E-state index in [1.165, 1.54) is 24.3 Å². The van der Waals surface area contributed by atoms with E-state index in [1.807, 2.05) is 30.3 Å². The number of carboxylic acid groups (broad SMARTS) is 1. The quantitative estimate of drug-likeness (QED) is 0.467. The van der Waals surface area contributed by atoms with Crippen molar-refractivity contribution in [2.75, 3.05) is 0 Å². The molecule has 0 aliphatic heterocycles. The van der Waals surface area contributed by atoms with E-state index in [9.17, 15) is 24.8 Å². The molecule has 3 aromatic carbocycles. The molecule has 7 heteroatoms. The second kappa shape index (κ2) is 8.10. The molecule has 0 spiro atoms. The molecule has 0 aliphatic carbocycles. The van der Waals surface area contributed by atoms with Crippen LogP contribution in [0.4, 0.5) is 5.69 Å². The van der Waals surface area contributed by atoms with E-state index in [0.29, 0.717) is 11.1 Å². The van der Waals surface area contributed by atoms with Gasteiger partial charge in [0.2, 0.25) is 0 Å². The minimum Gasteiger partial charge on any atom is -0.479 e. The third-order valence-corrected chi connectivity index (χ3v) is 5.05. The average Bonchev–Trinajstić information content (AvgIpc) is 2.72. The Bertz CT molecular complexity index is 1070. The first kappa shape index (κ1) is 20.0. The normalized spacial score (nSPS) is 12.9. The summed E-state index contributed by atoms with van der Waals surface area (Å²) in [7, 11) is 0. The smallest absolute Gasteiger partial charge is 0.329 e. The largest absolute Gasteiger partial charge is 0.479 e. The zero-order valence-corrected chi connectivity index (χ0v) is 15.8. The van der Waals surface area contributed by atoms with E-state index >= 15 is 0 Å². The van der Waals surface area contributed by atoms with Crippen molar-refractivity contribution in [3.05, 3.63) is 88.0 Å². The van der Waals surface area contributed by atoms with Gasteiger partial charge in [0.1, 0.15) is 5.54 Å². The summed E-state index contributed by atoms with van der Waals surface area (Å²) >= 11 is 0. The van der Waals surface area contributed by atoms with Gasteiger partial charge in [0, 0.05) is 24.1 Å². The molecule has 0 saturated carbocycles. The Balaban J connectivity index is 1.93. The highest BCUT2D eigenvalue weighted by atomic mass is 16.6. The van der Waals surface area contributed by atoms with E-state index in [0.717, 1.165) is 10.8 Å². The van der Waals surface area contributed by atoms with Crippen molar-refractivity contribution in [1.82, 2.24) is 5.32 Å². The molecular weight excluding hydrogens is 372 g/mol. The van der Waals surface area contributed by atoms with Gasteiger partial charge in [-0.15, -0.1) is 0 Å². The fraction of sp³-hybridized carbons (Fsp3) is 0.182. The summed E-state index contributed by atoms with van der Waals surface area (Å²) in [5, 5.41) is 25.1. The maximum absolute atomic E-state index is 13.0. The van der Waals surface area contributed by atoms with Crippen molar-refractivity contribution in [1.29, 1.82) is 0 Å². The second-order valence-electron chi connectivity index (χ2n) is 6.82. The number of hydrogen-bond acceptors (Lipinski definition) is 4. The first-order chi connectivity index (χ1) is 13.9. The Morgan fingerprint density at radius 2 is 1.69 bits per heavy atom. The lowest BCUT2D eigenvalue weighted by Crippen LogP contribution is -2.55. The van der Waals surface area contributed by atoms with Crippen molar-refractivity contribution in [2.45, 2.75) is 25.3 Å². The molecule has 0 heterocycles. The van der Waals surface area contributed by atoms with E-state index in [-0.39, 0.29) is 18.5 Å². The van der Waals surface area contributed by atoms with Crippen molar-refractivity contribution < 1.29 is 19.6 Å². The molecule has 148 valence electrons. The van der Waals surface area contributed by atoms with Crippen LogP contribution in [0.2, 0.25) is 0 Å². The van der Waals surface area contributed by atoms with Gasteiger partial charge in [0.05, 0.1) is 4.92 Å². The van der Waals surface area contributed by atoms with Crippen LogP contribution < -0.4 is 5.32 Å². The zero-order valence-electron chi connectivity index (χ0n) is 15.8. The molecule has 0 radical (unpaired) electrons. The number of rotatable bonds is 7. The van der Waals surface area contributed by atoms with Gasteiger partial charge in [-0.1, -0.05) is 55.5 Å². The van der Waals surface area contributed by atoms with Crippen LogP contribution in [-0.4, -0.2) is 27.4 Å². The molecular formula is C22H20N2O5. The number of nitro benzene ring substituents is 1. The van der Waals surface area contributed by atoms with Gasteiger partial charge in [0.15, 0.2) is 0 Å².